The van der Waals surface area contributed by atoms with E-state index in [4.69, 9.17) is 10.5 Å². The number of carbonyl (C=O) groups excluding carboxylic acids is 2. The molecular weight excluding hydrogens is 403 g/mol. The highest BCUT2D eigenvalue weighted by Gasteiger charge is 2.47. The van der Waals surface area contributed by atoms with Crippen LogP contribution in [0.3, 0.4) is 0 Å². The van der Waals surface area contributed by atoms with Crippen molar-refractivity contribution in [3.05, 3.63) is 47.4 Å². The molecular formula is C19H20F3N5O3. The van der Waals surface area contributed by atoms with Gasteiger partial charge in [0.05, 0.1) is 19.5 Å². The highest BCUT2D eigenvalue weighted by Crippen LogP contribution is 2.44. The van der Waals surface area contributed by atoms with Crippen LogP contribution in [0.15, 0.2) is 24.5 Å². The number of anilines is 1. The Morgan fingerprint density at radius 3 is 2.50 bits per heavy atom. The molecule has 1 aromatic carbocycles. The summed E-state index contributed by atoms with van der Waals surface area (Å²) in [6.07, 6.45) is 4.12. The van der Waals surface area contributed by atoms with Gasteiger partial charge in [-0.15, -0.1) is 0 Å². The Morgan fingerprint density at radius 2 is 2.00 bits per heavy atom. The number of carbonyl (C=O) groups is 2. The van der Waals surface area contributed by atoms with Crippen LogP contribution in [0.2, 0.25) is 0 Å². The fraction of sp³-hybridized carbons (Fsp3) is 0.368. The zero-order chi connectivity index (χ0) is 21.9. The van der Waals surface area contributed by atoms with E-state index in [0.717, 1.165) is 24.8 Å². The molecule has 2 aromatic rings. The number of halogens is 3. The molecule has 0 radical (unpaired) electrons. The van der Waals surface area contributed by atoms with Gasteiger partial charge >= 0.3 is 6.03 Å². The van der Waals surface area contributed by atoms with Gasteiger partial charge in [0.25, 0.3) is 5.91 Å². The number of nitrogens with zero attached hydrogens (tertiary/aromatic N) is 2. The molecule has 0 aliphatic heterocycles. The summed E-state index contributed by atoms with van der Waals surface area (Å²) >= 11 is 0. The first-order valence-electron chi connectivity index (χ1n) is 9.11. The van der Waals surface area contributed by atoms with E-state index in [9.17, 15) is 22.8 Å². The molecule has 1 atom stereocenters. The Balaban J connectivity index is 1.97. The summed E-state index contributed by atoms with van der Waals surface area (Å²) in [5.41, 5.74) is 2.68. The van der Waals surface area contributed by atoms with Crippen molar-refractivity contribution in [1.29, 1.82) is 0 Å². The molecule has 1 aromatic heterocycles. The second-order valence-electron chi connectivity index (χ2n) is 6.94. The Hall–Kier alpha value is -3.37. The van der Waals surface area contributed by atoms with Crippen LogP contribution in [0.1, 0.15) is 35.3 Å². The first kappa shape index (κ1) is 21.3. The lowest BCUT2D eigenvalue weighted by Crippen LogP contribution is -2.56. The molecule has 1 fully saturated rings. The maximum atomic E-state index is 14.7. The zero-order valence-corrected chi connectivity index (χ0v) is 16.0. The van der Waals surface area contributed by atoms with Crippen molar-refractivity contribution < 1.29 is 27.5 Å². The molecule has 3 amide bonds. The van der Waals surface area contributed by atoms with Gasteiger partial charge in [-0.2, -0.15) is 0 Å². The third-order valence-electron chi connectivity index (χ3n) is 5.20. The molecule has 0 spiro atoms. The van der Waals surface area contributed by atoms with Crippen LogP contribution in [0, 0.1) is 17.6 Å². The molecule has 0 saturated heterocycles. The topological polar surface area (TPSA) is 119 Å². The van der Waals surface area contributed by atoms with E-state index in [1.165, 1.54) is 13.3 Å². The van der Waals surface area contributed by atoms with Crippen molar-refractivity contribution in [2.75, 3.05) is 19.1 Å². The van der Waals surface area contributed by atoms with Crippen molar-refractivity contribution in [2.45, 2.75) is 24.8 Å². The van der Waals surface area contributed by atoms with Gasteiger partial charge in [0.2, 0.25) is 5.88 Å². The SMILES string of the molecule is COc1cnc(C(=O)Nc2cc(F)c(F)c([C@@](CF)(NC(N)=O)C3CCC3)c2)cn1. The molecule has 11 heteroatoms. The minimum atomic E-state index is -1.84. The first-order valence-corrected chi connectivity index (χ1v) is 9.11. The number of hydrogen-bond donors (Lipinski definition) is 3. The second kappa shape index (κ2) is 8.56. The maximum Gasteiger partial charge on any atom is 0.312 e. The van der Waals surface area contributed by atoms with Crippen LogP contribution in [0.5, 0.6) is 5.88 Å². The molecule has 1 aliphatic carbocycles. The molecule has 4 N–H and O–H groups in total. The van der Waals surface area contributed by atoms with Crippen molar-refractivity contribution in [2.24, 2.45) is 11.7 Å². The summed E-state index contributed by atoms with van der Waals surface area (Å²) in [7, 11) is 1.38. The van der Waals surface area contributed by atoms with Crippen LogP contribution < -0.4 is 21.1 Å². The molecule has 0 bridgehead atoms. The molecule has 0 unspecified atom stereocenters. The molecule has 30 heavy (non-hydrogen) atoms. The Labute approximate surface area is 170 Å². The highest BCUT2D eigenvalue weighted by atomic mass is 19.2. The Bertz CT molecular complexity index is 953. The fourth-order valence-corrected chi connectivity index (χ4v) is 3.44. The van der Waals surface area contributed by atoms with E-state index in [1.54, 1.807) is 0 Å². The smallest absolute Gasteiger partial charge is 0.312 e. The number of methoxy groups -OCH3 is 1. The average Bonchev–Trinajstić information content (AvgIpc) is 2.68. The lowest BCUT2D eigenvalue weighted by atomic mass is 9.67. The van der Waals surface area contributed by atoms with E-state index >= 15 is 0 Å². The lowest BCUT2D eigenvalue weighted by Gasteiger charge is -2.44. The fourth-order valence-electron chi connectivity index (χ4n) is 3.44. The van der Waals surface area contributed by atoms with Gasteiger partial charge in [0.15, 0.2) is 11.6 Å². The molecule has 1 saturated carbocycles. The number of aromatic nitrogens is 2. The van der Waals surface area contributed by atoms with E-state index in [1.807, 2.05) is 0 Å². The van der Waals surface area contributed by atoms with E-state index in [0.29, 0.717) is 12.8 Å². The van der Waals surface area contributed by atoms with Gasteiger partial charge in [-0.25, -0.2) is 27.9 Å². The summed E-state index contributed by atoms with van der Waals surface area (Å²) in [4.78, 5) is 31.6. The minimum absolute atomic E-state index is 0.104. The molecule has 160 valence electrons. The number of alkyl halides is 1. The summed E-state index contributed by atoms with van der Waals surface area (Å²) in [6.45, 7) is -1.20. The third kappa shape index (κ3) is 4.00. The summed E-state index contributed by atoms with van der Waals surface area (Å²) in [5, 5.41) is 4.64. The quantitative estimate of drug-likeness (QED) is 0.633. The predicted molar refractivity (Wildman–Crippen MR) is 101 cm³/mol. The number of nitrogens with two attached hydrogens (primary N) is 1. The van der Waals surface area contributed by atoms with Crippen molar-refractivity contribution >= 4 is 17.6 Å². The number of amides is 3. The van der Waals surface area contributed by atoms with Crippen LogP contribution in [0.25, 0.3) is 0 Å². The third-order valence-corrected chi connectivity index (χ3v) is 5.20. The van der Waals surface area contributed by atoms with Gasteiger partial charge in [0, 0.05) is 17.3 Å². The molecule has 1 heterocycles. The number of nitrogens with one attached hydrogen (secondary N) is 2. The number of ether oxygens (including phenoxy) is 1. The Kier molecular flexibility index (Phi) is 6.09. The zero-order valence-electron chi connectivity index (χ0n) is 16.0. The maximum absolute atomic E-state index is 14.7. The monoisotopic (exact) mass is 423 g/mol. The number of primary amides is 1. The molecule has 3 rings (SSSR count). The number of urea groups is 1. The van der Waals surface area contributed by atoms with Gasteiger partial charge < -0.3 is 21.1 Å². The van der Waals surface area contributed by atoms with Gasteiger partial charge in [-0.3, -0.25) is 4.79 Å². The first-order chi connectivity index (χ1) is 14.3. The molecule has 8 nitrogen and oxygen atoms in total. The normalized spacial score (nSPS) is 15.6. The predicted octanol–water partition coefficient (Wildman–Crippen LogP) is 2.65. The number of hydrogen-bond acceptors (Lipinski definition) is 5. The van der Waals surface area contributed by atoms with Crippen LogP contribution >= 0.6 is 0 Å². The Morgan fingerprint density at radius 1 is 1.27 bits per heavy atom. The van der Waals surface area contributed by atoms with Crippen molar-refractivity contribution in [3.63, 3.8) is 0 Å². The standard InChI is InChI=1S/C19H20F3N5O3/c1-30-15-8-24-14(7-25-15)17(28)26-11-5-12(16(22)13(21)6-11)19(9-20,27-18(23)29)10-3-2-4-10/h5-8,10H,2-4,9H2,1H3,(H,26,28)(H3,23,27,29)/t19-/m0/s1. The van der Waals surface area contributed by atoms with Crippen LogP contribution in [0.4, 0.5) is 23.7 Å². The van der Waals surface area contributed by atoms with E-state index < -0.39 is 47.3 Å². The van der Waals surface area contributed by atoms with E-state index in [2.05, 4.69) is 20.6 Å². The largest absolute Gasteiger partial charge is 0.480 e. The highest BCUT2D eigenvalue weighted by molar-refractivity contribution is 6.02. The van der Waals surface area contributed by atoms with Crippen LogP contribution in [-0.2, 0) is 5.54 Å². The van der Waals surface area contributed by atoms with Crippen molar-refractivity contribution in [1.82, 2.24) is 15.3 Å². The number of benzene rings is 1. The van der Waals surface area contributed by atoms with Crippen molar-refractivity contribution in [3.8, 4) is 5.88 Å². The van der Waals surface area contributed by atoms with Gasteiger partial charge in [-0.1, -0.05) is 6.42 Å². The lowest BCUT2D eigenvalue weighted by molar-refractivity contribution is 0.0985. The summed E-state index contributed by atoms with van der Waals surface area (Å²) in [5.74, 6) is -3.67. The number of rotatable bonds is 7. The summed E-state index contributed by atoms with van der Waals surface area (Å²) < 4.78 is 48.1. The minimum Gasteiger partial charge on any atom is -0.480 e. The second-order valence-corrected chi connectivity index (χ2v) is 6.94. The van der Waals surface area contributed by atoms with Gasteiger partial charge in [-0.05, 0) is 24.8 Å². The van der Waals surface area contributed by atoms with E-state index in [-0.39, 0.29) is 17.3 Å². The average molecular weight is 423 g/mol. The molecule has 1 aliphatic rings. The van der Waals surface area contributed by atoms with Gasteiger partial charge in [0.1, 0.15) is 17.9 Å². The summed E-state index contributed by atoms with van der Waals surface area (Å²) in [6, 6.07) is 0.769. The van der Waals surface area contributed by atoms with Crippen LogP contribution in [-0.4, -0.2) is 35.7 Å².